The molecule has 0 aliphatic heterocycles. The lowest BCUT2D eigenvalue weighted by molar-refractivity contribution is 0.444. The minimum Gasteiger partial charge on any atom is -0.197 e. The van der Waals surface area contributed by atoms with E-state index in [0.29, 0.717) is 0 Å². The number of rotatable bonds is 2. The molecule has 0 amide bonds. The average molecular weight is 277 g/mol. The van der Waals surface area contributed by atoms with E-state index in [9.17, 15) is 0 Å². The van der Waals surface area contributed by atoms with Gasteiger partial charge in [0.25, 0.3) is 0 Å². The van der Waals surface area contributed by atoms with E-state index >= 15 is 0 Å². The fraction of sp³-hybridized carbons (Fsp3) is 0.333. The summed E-state index contributed by atoms with van der Waals surface area (Å²) >= 11 is 0. The summed E-state index contributed by atoms with van der Waals surface area (Å²) in [6.07, 6.45) is 6.80. The fourth-order valence-corrected chi connectivity index (χ4v) is 3.50. The molecule has 2 aromatic carbocycles. The number of hydrogen-bond donors (Lipinski definition) is 1. The van der Waals surface area contributed by atoms with Gasteiger partial charge in [0.2, 0.25) is 0 Å². The first kappa shape index (κ1) is 12.6. The Balaban J connectivity index is 1.76. The topological polar surface area (TPSA) is 41.6 Å². The van der Waals surface area contributed by atoms with Gasteiger partial charge in [-0.25, -0.2) is 0 Å². The molecule has 1 aliphatic rings. The summed E-state index contributed by atoms with van der Waals surface area (Å²) in [5.74, 6) is 0.732. The molecule has 3 nitrogen and oxygen atoms in total. The number of H-pyrrole nitrogens is 1. The maximum absolute atomic E-state index is 4.30. The van der Waals surface area contributed by atoms with E-state index in [4.69, 9.17) is 0 Å². The van der Waals surface area contributed by atoms with Crippen molar-refractivity contribution in [2.24, 2.45) is 0 Å². The van der Waals surface area contributed by atoms with E-state index in [1.807, 2.05) is 12.1 Å². The highest BCUT2D eigenvalue weighted by atomic mass is 15.3. The van der Waals surface area contributed by atoms with Crippen LogP contribution in [0.15, 0.2) is 42.5 Å². The highest BCUT2D eigenvalue weighted by molar-refractivity contribution is 5.91. The normalized spacial score (nSPS) is 16.4. The number of para-hydroxylation sites is 1. The maximum atomic E-state index is 4.30. The van der Waals surface area contributed by atoms with Gasteiger partial charge in [0.1, 0.15) is 11.0 Å². The smallest absolute Gasteiger partial charge is 0.120 e. The molecule has 1 N–H and O–H groups in total. The molecule has 21 heavy (non-hydrogen) atoms. The second-order valence-corrected chi connectivity index (χ2v) is 5.96. The number of aromatic nitrogens is 3. The van der Waals surface area contributed by atoms with E-state index in [-0.39, 0.29) is 0 Å². The van der Waals surface area contributed by atoms with Gasteiger partial charge < -0.3 is 0 Å². The summed E-state index contributed by atoms with van der Waals surface area (Å²) in [6.45, 7) is 0. The van der Waals surface area contributed by atoms with Crippen molar-refractivity contribution in [1.82, 2.24) is 15.4 Å². The molecule has 0 radical (unpaired) electrons. The number of aromatic amines is 1. The van der Waals surface area contributed by atoms with Gasteiger partial charge >= 0.3 is 0 Å². The first-order chi connectivity index (χ1) is 10.4. The maximum Gasteiger partial charge on any atom is 0.120 e. The van der Waals surface area contributed by atoms with E-state index in [1.54, 1.807) is 0 Å². The van der Waals surface area contributed by atoms with E-state index in [0.717, 1.165) is 17.0 Å². The van der Waals surface area contributed by atoms with Crippen LogP contribution >= 0.6 is 0 Å². The molecule has 0 saturated heterocycles. The number of fused-ring (bicyclic) bond motifs is 1. The third kappa shape index (κ3) is 2.33. The van der Waals surface area contributed by atoms with Crippen LogP contribution in [0.2, 0.25) is 0 Å². The number of benzene rings is 2. The van der Waals surface area contributed by atoms with Crippen LogP contribution in [0.5, 0.6) is 0 Å². The standard InChI is InChI=1S/C18H19N3/c1-2-6-13(7-3-1)14-8-4-9-15(12-14)16-10-5-11-17-18(16)20-21-19-17/h4-5,8-13H,1-3,6-7H2,(H,19,20,21). The summed E-state index contributed by atoms with van der Waals surface area (Å²) < 4.78 is 0. The molecular formula is C18H19N3. The van der Waals surface area contributed by atoms with Crippen molar-refractivity contribution in [2.45, 2.75) is 38.0 Å². The van der Waals surface area contributed by atoms with E-state index in [2.05, 4.69) is 45.7 Å². The van der Waals surface area contributed by atoms with Crippen molar-refractivity contribution in [3.63, 3.8) is 0 Å². The van der Waals surface area contributed by atoms with Crippen LogP contribution in [-0.4, -0.2) is 15.4 Å². The van der Waals surface area contributed by atoms with Crippen molar-refractivity contribution < 1.29 is 0 Å². The number of nitrogens with one attached hydrogen (secondary N) is 1. The minimum atomic E-state index is 0.732. The van der Waals surface area contributed by atoms with Gasteiger partial charge in [-0.3, -0.25) is 0 Å². The Bertz CT molecular complexity index is 754. The molecule has 0 spiro atoms. The van der Waals surface area contributed by atoms with Crippen molar-refractivity contribution in [2.75, 3.05) is 0 Å². The van der Waals surface area contributed by atoms with Crippen molar-refractivity contribution >= 4 is 11.0 Å². The average Bonchev–Trinajstić information content (AvgIpc) is 3.04. The first-order valence-electron chi connectivity index (χ1n) is 7.81. The lowest BCUT2D eigenvalue weighted by Crippen LogP contribution is -2.04. The van der Waals surface area contributed by atoms with Crippen LogP contribution in [-0.2, 0) is 0 Å². The van der Waals surface area contributed by atoms with E-state index in [1.165, 1.54) is 48.8 Å². The Morgan fingerprint density at radius 1 is 0.905 bits per heavy atom. The summed E-state index contributed by atoms with van der Waals surface area (Å²) in [4.78, 5) is 0. The molecule has 1 aliphatic carbocycles. The molecular weight excluding hydrogens is 258 g/mol. The molecule has 1 aromatic heterocycles. The molecule has 3 heteroatoms. The fourth-order valence-electron chi connectivity index (χ4n) is 3.50. The van der Waals surface area contributed by atoms with Crippen LogP contribution in [0.25, 0.3) is 22.2 Å². The van der Waals surface area contributed by atoms with Crippen LogP contribution in [0.1, 0.15) is 43.6 Å². The second kappa shape index (κ2) is 5.32. The van der Waals surface area contributed by atoms with Crippen LogP contribution in [0.3, 0.4) is 0 Å². The molecule has 4 rings (SSSR count). The highest BCUT2D eigenvalue weighted by Crippen LogP contribution is 2.35. The van der Waals surface area contributed by atoms with Crippen molar-refractivity contribution in [1.29, 1.82) is 0 Å². The van der Waals surface area contributed by atoms with Crippen molar-refractivity contribution in [3.05, 3.63) is 48.0 Å². The van der Waals surface area contributed by atoms with Gasteiger partial charge in [-0.2, -0.15) is 15.4 Å². The molecule has 0 bridgehead atoms. The third-order valence-corrected chi connectivity index (χ3v) is 4.62. The first-order valence-corrected chi connectivity index (χ1v) is 7.81. The zero-order valence-electron chi connectivity index (χ0n) is 12.0. The summed E-state index contributed by atoms with van der Waals surface area (Å²) in [5.41, 5.74) is 5.78. The molecule has 0 unspecified atom stereocenters. The largest absolute Gasteiger partial charge is 0.197 e. The van der Waals surface area contributed by atoms with Crippen molar-refractivity contribution in [3.8, 4) is 11.1 Å². The minimum absolute atomic E-state index is 0.732. The van der Waals surface area contributed by atoms with Crippen LogP contribution in [0, 0.1) is 0 Å². The molecule has 0 atom stereocenters. The summed E-state index contributed by atoms with van der Waals surface area (Å²) in [5, 5.41) is 11.2. The second-order valence-electron chi connectivity index (χ2n) is 5.96. The zero-order chi connectivity index (χ0) is 14.1. The zero-order valence-corrected chi connectivity index (χ0v) is 12.0. The lowest BCUT2D eigenvalue weighted by Gasteiger charge is -2.22. The molecule has 3 aromatic rings. The quantitative estimate of drug-likeness (QED) is 0.739. The van der Waals surface area contributed by atoms with Gasteiger partial charge in [-0.05, 0) is 36.0 Å². The number of hydrogen-bond acceptors (Lipinski definition) is 2. The van der Waals surface area contributed by atoms with Gasteiger partial charge in [-0.1, -0.05) is 55.7 Å². The van der Waals surface area contributed by atoms with E-state index < -0.39 is 0 Å². The highest BCUT2D eigenvalue weighted by Gasteiger charge is 2.16. The van der Waals surface area contributed by atoms with Gasteiger partial charge in [0.15, 0.2) is 0 Å². The van der Waals surface area contributed by atoms with Gasteiger partial charge in [0.05, 0.1) is 0 Å². The third-order valence-electron chi connectivity index (χ3n) is 4.62. The predicted octanol–water partition coefficient (Wildman–Crippen LogP) is 4.67. The van der Waals surface area contributed by atoms with Gasteiger partial charge in [-0.15, -0.1) is 0 Å². The predicted molar refractivity (Wildman–Crippen MR) is 85.2 cm³/mol. The Kier molecular flexibility index (Phi) is 3.18. The Hall–Kier alpha value is -2.16. The lowest BCUT2D eigenvalue weighted by atomic mass is 9.83. The monoisotopic (exact) mass is 277 g/mol. The van der Waals surface area contributed by atoms with Crippen LogP contribution < -0.4 is 0 Å². The SMILES string of the molecule is c1cc(-c2cccc3n[nH]nc23)cc(C2CCCCC2)c1. The molecule has 1 fully saturated rings. The Morgan fingerprint density at radius 2 is 1.76 bits per heavy atom. The number of nitrogens with zero attached hydrogens (tertiary/aromatic N) is 2. The Labute approximate surface area is 124 Å². The summed E-state index contributed by atoms with van der Waals surface area (Å²) in [7, 11) is 0. The van der Waals surface area contributed by atoms with Gasteiger partial charge in [0, 0.05) is 5.56 Å². The molecule has 106 valence electrons. The van der Waals surface area contributed by atoms with Crippen LogP contribution in [0.4, 0.5) is 0 Å². The summed E-state index contributed by atoms with van der Waals surface area (Å²) in [6, 6.07) is 15.2. The Morgan fingerprint density at radius 3 is 2.67 bits per heavy atom. The molecule has 1 heterocycles. The molecule has 1 saturated carbocycles.